The van der Waals surface area contributed by atoms with E-state index in [4.69, 9.17) is 10.5 Å². The zero-order valence-electron chi connectivity index (χ0n) is 7.70. The molecule has 0 fully saturated rings. The molecule has 0 aromatic heterocycles. The van der Waals surface area contributed by atoms with Gasteiger partial charge in [0, 0.05) is 32.8 Å². The molecule has 1 unspecified atom stereocenters. The molecule has 0 radical (unpaired) electrons. The van der Waals surface area contributed by atoms with Gasteiger partial charge >= 0.3 is 0 Å². The average Bonchev–Trinajstić information content (AvgIpc) is 2.15. The predicted molar refractivity (Wildman–Crippen MR) is 50.0 cm³/mol. The lowest BCUT2D eigenvalue weighted by molar-refractivity contribution is 0.100. The summed E-state index contributed by atoms with van der Waals surface area (Å²) >= 11 is 0. The van der Waals surface area contributed by atoms with Crippen LogP contribution in [0, 0.1) is 0 Å². The van der Waals surface area contributed by atoms with Crippen LogP contribution in [-0.2, 0) is 4.74 Å². The second-order valence-corrected chi connectivity index (χ2v) is 3.10. The lowest BCUT2D eigenvalue weighted by Gasteiger charge is -2.30. The highest BCUT2D eigenvalue weighted by Crippen LogP contribution is 2.05. The van der Waals surface area contributed by atoms with E-state index in [0.717, 1.165) is 26.1 Å². The molecular formula is C9H18N2O. The van der Waals surface area contributed by atoms with Crippen LogP contribution in [0.25, 0.3) is 0 Å². The van der Waals surface area contributed by atoms with Crippen molar-refractivity contribution in [2.45, 2.75) is 12.5 Å². The highest BCUT2D eigenvalue weighted by molar-refractivity contribution is 4.93. The summed E-state index contributed by atoms with van der Waals surface area (Å²) in [6.07, 6.45) is 5.55. The molecule has 70 valence electrons. The van der Waals surface area contributed by atoms with Gasteiger partial charge in [0.2, 0.25) is 0 Å². The molecule has 0 saturated carbocycles. The maximum Gasteiger partial charge on any atom is 0.0630 e. The molecule has 0 bridgehead atoms. The first kappa shape index (κ1) is 9.71. The van der Waals surface area contributed by atoms with Gasteiger partial charge in [-0.3, -0.25) is 4.90 Å². The number of rotatable bonds is 4. The number of methoxy groups -OCH3 is 1. The molecule has 1 aliphatic rings. The van der Waals surface area contributed by atoms with Crippen LogP contribution in [0.5, 0.6) is 0 Å². The molecule has 0 aromatic rings. The summed E-state index contributed by atoms with van der Waals surface area (Å²) in [5.74, 6) is 0. The molecule has 1 aliphatic heterocycles. The van der Waals surface area contributed by atoms with E-state index in [1.165, 1.54) is 0 Å². The van der Waals surface area contributed by atoms with Gasteiger partial charge in [-0.2, -0.15) is 0 Å². The topological polar surface area (TPSA) is 38.5 Å². The molecule has 3 heteroatoms. The average molecular weight is 170 g/mol. The van der Waals surface area contributed by atoms with E-state index in [-0.39, 0.29) is 0 Å². The van der Waals surface area contributed by atoms with Gasteiger partial charge in [-0.1, -0.05) is 12.2 Å². The normalized spacial score (nSPS) is 21.2. The monoisotopic (exact) mass is 170 g/mol. The quantitative estimate of drug-likeness (QED) is 0.613. The summed E-state index contributed by atoms with van der Waals surface area (Å²) in [6, 6.07) is 0.389. The summed E-state index contributed by atoms with van der Waals surface area (Å²) in [5.41, 5.74) is 5.64. The minimum atomic E-state index is 0.389. The van der Waals surface area contributed by atoms with Gasteiger partial charge in [-0.15, -0.1) is 0 Å². The van der Waals surface area contributed by atoms with Crippen LogP contribution >= 0.6 is 0 Å². The number of ether oxygens (including phenoxy) is 1. The highest BCUT2D eigenvalue weighted by Gasteiger charge is 2.16. The highest BCUT2D eigenvalue weighted by atomic mass is 16.5. The number of hydrogen-bond acceptors (Lipinski definition) is 3. The van der Waals surface area contributed by atoms with Crippen molar-refractivity contribution in [2.75, 3.05) is 33.4 Å². The Morgan fingerprint density at radius 1 is 1.58 bits per heavy atom. The largest absolute Gasteiger partial charge is 0.383 e. The first-order chi connectivity index (χ1) is 5.88. The van der Waals surface area contributed by atoms with Gasteiger partial charge in [0.15, 0.2) is 0 Å². The van der Waals surface area contributed by atoms with E-state index in [9.17, 15) is 0 Å². The van der Waals surface area contributed by atoms with Gasteiger partial charge in [-0.05, 0) is 6.42 Å². The van der Waals surface area contributed by atoms with Crippen LogP contribution in [0.1, 0.15) is 6.42 Å². The molecule has 0 spiro atoms. The number of hydrogen-bond donors (Lipinski definition) is 1. The molecule has 0 aliphatic carbocycles. The molecule has 0 amide bonds. The van der Waals surface area contributed by atoms with Gasteiger partial charge in [0.05, 0.1) is 6.61 Å². The van der Waals surface area contributed by atoms with Crippen LogP contribution in [0.3, 0.4) is 0 Å². The Kier molecular flexibility index (Phi) is 4.29. The Labute approximate surface area is 74.2 Å². The Morgan fingerprint density at radius 3 is 2.92 bits per heavy atom. The second-order valence-electron chi connectivity index (χ2n) is 3.10. The van der Waals surface area contributed by atoms with Crippen molar-refractivity contribution in [3.63, 3.8) is 0 Å². The molecule has 2 N–H and O–H groups in total. The smallest absolute Gasteiger partial charge is 0.0630 e. The summed E-state index contributed by atoms with van der Waals surface area (Å²) in [6.45, 7) is 3.55. The second kappa shape index (κ2) is 5.30. The molecule has 1 atom stereocenters. The molecular weight excluding hydrogens is 152 g/mol. The van der Waals surface area contributed by atoms with Crippen molar-refractivity contribution in [1.29, 1.82) is 0 Å². The summed E-state index contributed by atoms with van der Waals surface area (Å²) < 4.78 is 5.10. The van der Waals surface area contributed by atoms with Crippen LogP contribution in [0.15, 0.2) is 12.2 Å². The van der Waals surface area contributed by atoms with Crippen LogP contribution < -0.4 is 5.73 Å². The van der Waals surface area contributed by atoms with Crippen molar-refractivity contribution < 1.29 is 4.74 Å². The standard InChI is InChI=1S/C9H18N2O/c1-12-8-9(7-10)11-5-3-2-4-6-11/h2-3,9H,4-8,10H2,1H3. The van der Waals surface area contributed by atoms with Crippen LogP contribution in [0.4, 0.5) is 0 Å². The third-order valence-corrected chi connectivity index (χ3v) is 2.24. The van der Waals surface area contributed by atoms with Gasteiger partial charge in [-0.25, -0.2) is 0 Å². The van der Waals surface area contributed by atoms with E-state index in [2.05, 4.69) is 17.1 Å². The molecule has 0 aromatic carbocycles. The zero-order valence-corrected chi connectivity index (χ0v) is 7.70. The molecule has 3 nitrogen and oxygen atoms in total. The maximum absolute atomic E-state index is 5.64. The number of nitrogens with zero attached hydrogens (tertiary/aromatic N) is 1. The lowest BCUT2D eigenvalue weighted by atomic mass is 10.2. The fourth-order valence-electron chi connectivity index (χ4n) is 1.51. The Bertz CT molecular complexity index is 147. The van der Waals surface area contributed by atoms with Crippen molar-refractivity contribution in [2.24, 2.45) is 5.73 Å². The van der Waals surface area contributed by atoms with Gasteiger partial charge < -0.3 is 10.5 Å². The van der Waals surface area contributed by atoms with E-state index in [1.807, 2.05) is 0 Å². The summed E-state index contributed by atoms with van der Waals surface area (Å²) in [4.78, 5) is 2.36. The lowest BCUT2D eigenvalue weighted by Crippen LogP contribution is -2.45. The first-order valence-electron chi connectivity index (χ1n) is 4.46. The van der Waals surface area contributed by atoms with Crippen molar-refractivity contribution in [1.82, 2.24) is 4.90 Å². The zero-order chi connectivity index (χ0) is 8.81. The van der Waals surface area contributed by atoms with E-state index < -0.39 is 0 Å². The van der Waals surface area contributed by atoms with E-state index >= 15 is 0 Å². The third kappa shape index (κ3) is 2.59. The predicted octanol–water partition coefficient (Wildman–Crippen LogP) is 0.222. The van der Waals surface area contributed by atoms with Gasteiger partial charge in [0.25, 0.3) is 0 Å². The van der Waals surface area contributed by atoms with E-state index in [1.54, 1.807) is 7.11 Å². The molecule has 12 heavy (non-hydrogen) atoms. The van der Waals surface area contributed by atoms with E-state index in [0.29, 0.717) is 12.6 Å². The van der Waals surface area contributed by atoms with Crippen molar-refractivity contribution in [3.8, 4) is 0 Å². The molecule has 1 heterocycles. The minimum absolute atomic E-state index is 0.389. The number of nitrogens with two attached hydrogens (primary N) is 1. The van der Waals surface area contributed by atoms with Crippen molar-refractivity contribution in [3.05, 3.63) is 12.2 Å². The fraction of sp³-hybridized carbons (Fsp3) is 0.778. The fourth-order valence-corrected chi connectivity index (χ4v) is 1.51. The first-order valence-corrected chi connectivity index (χ1v) is 4.46. The Balaban J connectivity index is 2.36. The molecule has 1 rings (SSSR count). The third-order valence-electron chi connectivity index (χ3n) is 2.24. The Hall–Kier alpha value is -0.380. The van der Waals surface area contributed by atoms with Gasteiger partial charge in [0.1, 0.15) is 0 Å². The van der Waals surface area contributed by atoms with Crippen LogP contribution in [0.2, 0.25) is 0 Å². The SMILES string of the molecule is COCC(CN)N1CC=CCC1. The minimum Gasteiger partial charge on any atom is -0.383 e. The summed E-state index contributed by atoms with van der Waals surface area (Å²) in [5, 5.41) is 0. The summed E-state index contributed by atoms with van der Waals surface area (Å²) in [7, 11) is 1.72. The van der Waals surface area contributed by atoms with Crippen LogP contribution in [-0.4, -0.2) is 44.3 Å². The Morgan fingerprint density at radius 2 is 2.42 bits per heavy atom. The molecule has 0 saturated heterocycles. The van der Waals surface area contributed by atoms with Crippen molar-refractivity contribution >= 4 is 0 Å². The maximum atomic E-state index is 5.64.